The molecule has 0 radical (unpaired) electrons. The summed E-state index contributed by atoms with van der Waals surface area (Å²) in [4.78, 5) is 24.5. The summed E-state index contributed by atoms with van der Waals surface area (Å²) in [7, 11) is 0. The highest BCUT2D eigenvalue weighted by Crippen LogP contribution is 2.37. The Hall–Kier alpha value is -2.81. The van der Waals surface area contributed by atoms with Crippen LogP contribution in [-0.4, -0.2) is 20.7 Å². The first-order valence-corrected chi connectivity index (χ1v) is 10.4. The van der Waals surface area contributed by atoms with Gasteiger partial charge in [0.15, 0.2) is 0 Å². The predicted molar refractivity (Wildman–Crippen MR) is 109 cm³/mol. The van der Waals surface area contributed by atoms with E-state index < -0.39 is 11.9 Å². The van der Waals surface area contributed by atoms with Crippen LogP contribution >= 0.6 is 11.3 Å². The van der Waals surface area contributed by atoms with E-state index >= 15 is 0 Å². The van der Waals surface area contributed by atoms with Gasteiger partial charge in [0.1, 0.15) is 11.5 Å². The summed E-state index contributed by atoms with van der Waals surface area (Å²) in [5.41, 5.74) is 1.47. The molecule has 30 heavy (non-hydrogen) atoms. The van der Waals surface area contributed by atoms with Gasteiger partial charge < -0.3 is 5.32 Å². The molecule has 1 aromatic carbocycles. The van der Waals surface area contributed by atoms with Gasteiger partial charge in [0.05, 0.1) is 9.88 Å². The zero-order valence-electron chi connectivity index (χ0n) is 16.2. The van der Waals surface area contributed by atoms with E-state index in [-0.39, 0.29) is 5.95 Å². The zero-order valence-corrected chi connectivity index (χ0v) is 17.0. The van der Waals surface area contributed by atoms with Crippen LogP contribution in [-0.2, 0) is 11.0 Å². The fourth-order valence-electron chi connectivity index (χ4n) is 3.50. The van der Waals surface area contributed by atoms with Crippen molar-refractivity contribution in [1.29, 1.82) is 0 Å². The normalized spacial score (nSPS) is 15.4. The zero-order chi connectivity index (χ0) is 21.3. The van der Waals surface area contributed by atoms with Gasteiger partial charge in [-0.3, -0.25) is 4.79 Å². The van der Waals surface area contributed by atoms with E-state index in [9.17, 15) is 18.0 Å². The first kappa shape index (κ1) is 20.5. The number of alkyl halides is 3. The molecule has 0 bridgehead atoms. The number of hydrogen-bond acceptors (Lipinski definition) is 6. The predicted octanol–water partition coefficient (Wildman–Crippen LogP) is 5.90. The van der Waals surface area contributed by atoms with Crippen molar-refractivity contribution in [2.75, 3.05) is 5.32 Å². The molecule has 0 unspecified atom stereocenters. The Balaban J connectivity index is 1.56. The van der Waals surface area contributed by atoms with Crippen LogP contribution in [0.2, 0.25) is 0 Å². The van der Waals surface area contributed by atoms with Crippen molar-refractivity contribution < 1.29 is 18.0 Å². The maximum Gasteiger partial charge on any atom is 0.433 e. The molecule has 1 saturated carbocycles. The molecule has 0 saturated heterocycles. The summed E-state index contributed by atoms with van der Waals surface area (Å²) in [6, 6.07) is 6.50. The lowest BCUT2D eigenvalue weighted by Crippen LogP contribution is -2.11. The number of thiazole rings is 1. The number of halogens is 3. The maximum absolute atomic E-state index is 12.9. The molecule has 1 aliphatic carbocycles. The van der Waals surface area contributed by atoms with E-state index in [2.05, 4.69) is 20.3 Å². The van der Waals surface area contributed by atoms with E-state index in [1.807, 2.05) is 31.3 Å². The van der Waals surface area contributed by atoms with Crippen LogP contribution in [0.3, 0.4) is 0 Å². The van der Waals surface area contributed by atoms with Crippen molar-refractivity contribution in [2.24, 2.45) is 0 Å². The van der Waals surface area contributed by atoms with Gasteiger partial charge in [0.25, 0.3) is 0 Å². The summed E-state index contributed by atoms with van der Waals surface area (Å²) in [5.74, 6) is 0.509. The molecule has 1 N–H and O–H groups in total. The van der Waals surface area contributed by atoms with Crippen LogP contribution in [0.25, 0.3) is 10.4 Å². The molecule has 156 valence electrons. The Labute approximate surface area is 175 Å². The molecule has 9 heteroatoms. The molecule has 0 spiro atoms. The van der Waals surface area contributed by atoms with Crippen LogP contribution in [0.1, 0.15) is 47.9 Å². The summed E-state index contributed by atoms with van der Waals surface area (Å²) < 4.78 is 38.7. The summed E-state index contributed by atoms with van der Waals surface area (Å²) in [6.45, 7) is 1.91. The first-order chi connectivity index (χ1) is 14.3. The van der Waals surface area contributed by atoms with Gasteiger partial charge in [-0.1, -0.05) is 6.07 Å². The van der Waals surface area contributed by atoms with Crippen LogP contribution in [0, 0.1) is 6.92 Å². The van der Waals surface area contributed by atoms with Gasteiger partial charge in [-0.05, 0) is 49.1 Å². The summed E-state index contributed by atoms with van der Waals surface area (Å²) in [5, 5.41) is 3.89. The van der Waals surface area contributed by atoms with Crippen molar-refractivity contribution >= 4 is 28.8 Å². The Morgan fingerprint density at radius 3 is 2.63 bits per heavy atom. The maximum atomic E-state index is 12.9. The number of nitrogens with one attached hydrogen (secondary N) is 1. The highest BCUT2D eigenvalue weighted by Gasteiger charge is 2.32. The molecular formula is C21H19F3N4OS. The number of nitrogens with zero attached hydrogens (tertiary/aromatic N) is 3. The molecule has 2 heterocycles. The second-order valence-corrected chi connectivity index (χ2v) is 8.41. The lowest BCUT2D eigenvalue weighted by atomic mass is 9.89. The van der Waals surface area contributed by atoms with Crippen molar-refractivity contribution in [2.45, 2.75) is 44.7 Å². The molecule has 0 aliphatic heterocycles. The number of carbonyl (C=O) groups excluding carboxylic acids is 1. The number of ketones is 1. The Kier molecular flexibility index (Phi) is 5.55. The molecular weight excluding hydrogens is 413 g/mol. The van der Waals surface area contributed by atoms with Crippen molar-refractivity contribution in [1.82, 2.24) is 15.0 Å². The van der Waals surface area contributed by atoms with Crippen molar-refractivity contribution in [3.8, 4) is 10.4 Å². The van der Waals surface area contributed by atoms with Gasteiger partial charge in [0, 0.05) is 36.8 Å². The molecule has 4 rings (SSSR count). The standard InChI is InChI=1S/C21H19F3N4OS/c1-12-8-14(17-11-26-19(30-17)13-2-4-16(29)5-3-13)10-15(9-12)27-20-25-7-6-18(28-20)21(22,23)24/h6-11,13H,2-5H2,1H3,(H,25,27,28). The van der Waals surface area contributed by atoms with Gasteiger partial charge >= 0.3 is 6.18 Å². The minimum Gasteiger partial charge on any atom is -0.324 e. The topological polar surface area (TPSA) is 67.8 Å². The average molecular weight is 432 g/mol. The fraction of sp³-hybridized carbons (Fsp3) is 0.333. The minimum absolute atomic E-state index is 0.113. The van der Waals surface area contributed by atoms with Crippen molar-refractivity contribution in [3.63, 3.8) is 0 Å². The molecule has 1 fully saturated rings. The van der Waals surface area contributed by atoms with Gasteiger partial charge in [0.2, 0.25) is 5.95 Å². The van der Waals surface area contributed by atoms with E-state index in [1.165, 1.54) is 0 Å². The highest BCUT2D eigenvalue weighted by atomic mass is 32.1. The van der Waals surface area contributed by atoms with E-state index in [0.717, 1.165) is 46.1 Å². The number of aromatic nitrogens is 3. The fourth-order valence-corrected chi connectivity index (χ4v) is 4.57. The Morgan fingerprint density at radius 1 is 1.13 bits per heavy atom. The van der Waals surface area contributed by atoms with Crippen LogP contribution < -0.4 is 5.32 Å². The molecule has 2 aromatic heterocycles. The number of aryl methyl sites for hydroxylation is 1. The number of hydrogen-bond donors (Lipinski definition) is 1. The van der Waals surface area contributed by atoms with Gasteiger partial charge in [-0.25, -0.2) is 15.0 Å². The number of rotatable bonds is 4. The average Bonchev–Trinajstić information content (AvgIpc) is 3.18. The summed E-state index contributed by atoms with van der Waals surface area (Å²) in [6.07, 6.45) is 1.25. The second kappa shape index (κ2) is 8.14. The molecule has 5 nitrogen and oxygen atoms in total. The highest BCUT2D eigenvalue weighted by molar-refractivity contribution is 7.15. The third-order valence-corrected chi connectivity index (χ3v) is 6.19. The molecule has 0 atom stereocenters. The molecule has 1 aliphatic rings. The SMILES string of the molecule is Cc1cc(Nc2nccc(C(F)(F)F)n2)cc(-c2cnc(C3CCC(=O)CC3)s2)c1. The largest absolute Gasteiger partial charge is 0.433 e. The third-order valence-electron chi connectivity index (χ3n) is 4.98. The number of carbonyl (C=O) groups is 1. The Morgan fingerprint density at radius 2 is 1.90 bits per heavy atom. The molecule has 3 aromatic rings. The van der Waals surface area contributed by atoms with E-state index in [1.54, 1.807) is 11.3 Å². The number of Topliss-reactive ketones (excluding diaryl/α,β-unsaturated/α-hetero) is 1. The smallest absolute Gasteiger partial charge is 0.324 e. The lowest BCUT2D eigenvalue weighted by molar-refractivity contribution is -0.141. The first-order valence-electron chi connectivity index (χ1n) is 9.55. The van der Waals surface area contributed by atoms with E-state index in [4.69, 9.17) is 0 Å². The Bertz CT molecular complexity index is 1070. The second-order valence-electron chi connectivity index (χ2n) is 7.35. The number of benzene rings is 1. The lowest BCUT2D eigenvalue weighted by Gasteiger charge is -2.18. The molecule has 0 amide bonds. The van der Waals surface area contributed by atoms with E-state index in [0.29, 0.717) is 30.2 Å². The van der Waals surface area contributed by atoms with Gasteiger partial charge in [-0.2, -0.15) is 13.2 Å². The van der Waals surface area contributed by atoms with Crippen LogP contribution in [0.5, 0.6) is 0 Å². The summed E-state index contributed by atoms with van der Waals surface area (Å²) >= 11 is 1.59. The van der Waals surface area contributed by atoms with Gasteiger partial charge in [-0.15, -0.1) is 11.3 Å². The minimum atomic E-state index is -4.53. The third kappa shape index (κ3) is 4.67. The monoisotopic (exact) mass is 432 g/mol. The van der Waals surface area contributed by atoms with Crippen molar-refractivity contribution in [3.05, 3.63) is 52.9 Å². The van der Waals surface area contributed by atoms with Crippen LogP contribution in [0.4, 0.5) is 24.8 Å². The number of anilines is 2. The van der Waals surface area contributed by atoms with Crippen LogP contribution in [0.15, 0.2) is 36.7 Å². The quantitative estimate of drug-likeness (QED) is 0.556.